The number of aryl methyl sites for hydroxylation is 1. The number of halogens is 1. The molecule has 24 heavy (non-hydrogen) atoms. The molecule has 0 saturated carbocycles. The normalized spacial score (nSPS) is 16.4. The van der Waals surface area contributed by atoms with E-state index < -0.39 is 17.5 Å². The van der Waals surface area contributed by atoms with Gasteiger partial charge in [-0.15, -0.1) is 0 Å². The van der Waals surface area contributed by atoms with Crippen molar-refractivity contribution >= 4 is 21.9 Å². The first-order chi connectivity index (χ1) is 11.4. The first-order valence-corrected chi connectivity index (χ1v) is 7.88. The van der Waals surface area contributed by atoms with E-state index in [4.69, 9.17) is 19.6 Å². The lowest BCUT2D eigenvalue weighted by Crippen LogP contribution is -2.30. The van der Waals surface area contributed by atoms with Crippen molar-refractivity contribution < 1.29 is 18.7 Å². The number of carbonyl (C=O) groups excluding carboxylic acids is 1. The number of fused-ring (bicyclic) bond motifs is 1. The maximum absolute atomic E-state index is 12.5. The monoisotopic (exact) mass is 391 g/mol. The van der Waals surface area contributed by atoms with Crippen molar-refractivity contribution in [2.75, 3.05) is 7.11 Å². The Bertz CT molecular complexity index is 915. The number of rotatable bonds is 2. The van der Waals surface area contributed by atoms with Crippen LogP contribution >= 0.6 is 15.9 Å². The van der Waals surface area contributed by atoms with Gasteiger partial charge >= 0.3 is 11.6 Å². The van der Waals surface area contributed by atoms with Crippen molar-refractivity contribution in [3.05, 3.63) is 73.6 Å². The van der Waals surface area contributed by atoms with Gasteiger partial charge in [-0.1, -0.05) is 34.1 Å². The maximum Gasteiger partial charge on any atom is 0.343 e. The van der Waals surface area contributed by atoms with Crippen LogP contribution in [-0.4, -0.2) is 13.1 Å². The smallest absolute Gasteiger partial charge is 0.343 e. The minimum Gasteiger partial charge on any atom is -0.465 e. The van der Waals surface area contributed by atoms with Gasteiger partial charge in [0.25, 0.3) is 0 Å². The Morgan fingerprint density at radius 2 is 2.04 bits per heavy atom. The molecule has 0 amide bonds. The van der Waals surface area contributed by atoms with E-state index in [1.165, 1.54) is 7.11 Å². The molecular formula is C17H14BrNO5. The maximum atomic E-state index is 12.5. The largest absolute Gasteiger partial charge is 0.465 e. The van der Waals surface area contributed by atoms with Crippen LogP contribution in [0.5, 0.6) is 5.75 Å². The van der Waals surface area contributed by atoms with Crippen LogP contribution in [0.1, 0.15) is 22.8 Å². The summed E-state index contributed by atoms with van der Waals surface area (Å²) in [5.41, 5.74) is 6.33. The molecule has 124 valence electrons. The van der Waals surface area contributed by atoms with Crippen LogP contribution in [0.4, 0.5) is 0 Å². The highest BCUT2D eigenvalue weighted by atomic mass is 79.9. The van der Waals surface area contributed by atoms with Crippen molar-refractivity contribution in [1.29, 1.82) is 0 Å². The molecule has 2 N–H and O–H groups in total. The number of nitrogens with two attached hydrogens (primary N) is 1. The fourth-order valence-corrected chi connectivity index (χ4v) is 3.26. The van der Waals surface area contributed by atoms with Gasteiger partial charge in [-0.3, -0.25) is 0 Å². The number of methoxy groups -OCH3 is 1. The van der Waals surface area contributed by atoms with Crippen molar-refractivity contribution in [2.24, 2.45) is 5.73 Å². The van der Waals surface area contributed by atoms with E-state index in [0.29, 0.717) is 11.3 Å². The second-order valence-corrected chi connectivity index (χ2v) is 6.10. The quantitative estimate of drug-likeness (QED) is 0.790. The summed E-state index contributed by atoms with van der Waals surface area (Å²) in [6, 6.07) is 8.80. The van der Waals surface area contributed by atoms with E-state index in [2.05, 4.69) is 15.9 Å². The Balaban J connectivity index is 2.35. The number of carbonyl (C=O) groups is 1. The van der Waals surface area contributed by atoms with E-state index in [1.807, 2.05) is 12.1 Å². The van der Waals surface area contributed by atoms with Crippen molar-refractivity contribution in [3.8, 4) is 5.75 Å². The summed E-state index contributed by atoms with van der Waals surface area (Å²) in [6.07, 6.45) is 0. The Labute approximate surface area is 146 Å². The minimum absolute atomic E-state index is 0.0630. The molecule has 0 radical (unpaired) electrons. The molecule has 2 aromatic rings. The lowest BCUT2D eigenvalue weighted by Gasteiger charge is -2.27. The molecule has 0 bridgehead atoms. The third-order valence-corrected chi connectivity index (χ3v) is 4.48. The lowest BCUT2D eigenvalue weighted by molar-refractivity contribution is -0.136. The zero-order chi connectivity index (χ0) is 17.4. The molecule has 7 heteroatoms. The second kappa shape index (κ2) is 6.16. The number of hydrogen-bond acceptors (Lipinski definition) is 6. The van der Waals surface area contributed by atoms with Crippen LogP contribution < -0.4 is 16.1 Å². The zero-order valence-corrected chi connectivity index (χ0v) is 14.5. The average molecular weight is 392 g/mol. The highest BCUT2D eigenvalue weighted by Crippen LogP contribution is 2.43. The number of esters is 1. The van der Waals surface area contributed by atoms with E-state index in [-0.39, 0.29) is 22.8 Å². The van der Waals surface area contributed by atoms with Gasteiger partial charge in [0.15, 0.2) is 0 Å². The molecule has 1 aromatic heterocycles. The molecular weight excluding hydrogens is 378 g/mol. The van der Waals surface area contributed by atoms with Crippen LogP contribution in [0.25, 0.3) is 0 Å². The molecule has 1 aliphatic heterocycles. The highest BCUT2D eigenvalue weighted by Gasteiger charge is 2.38. The Morgan fingerprint density at radius 1 is 1.33 bits per heavy atom. The zero-order valence-electron chi connectivity index (χ0n) is 13.0. The van der Waals surface area contributed by atoms with Crippen molar-refractivity contribution in [2.45, 2.75) is 12.8 Å². The Morgan fingerprint density at radius 3 is 2.71 bits per heavy atom. The van der Waals surface area contributed by atoms with Gasteiger partial charge in [-0.25, -0.2) is 9.59 Å². The third-order valence-electron chi connectivity index (χ3n) is 3.76. The van der Waals surface area contributed by atoms with Crippen LogP contribution in [0.15, 0.2) is 55.5 Å². The number of ether oxygens (including phenoxy) is 2. The van der Waals surface area contributed by atoms with E-state index in [1.54, 1.807) is 25.1 Å². The lowest BCUT2D eigenvalue weighted by atomic mass is 9.84. The van der Waals surface area contributed by atoms with Crippen molar-refractivity contribution in [3.63, 3.8) is 0 Å². The molecule has 0 fully saturated rings. The van der Waals surface area contributed by atoms with Crippen LogP contribution in [0.2, 0.25) is 0 Å². The number of benzene rings is 1. The third kappa shape index (κ3) is 2.60. The van der Waals surface area contributed by atoms with Gasteiger partial charge in [0.1, 0.15) is 17.1 Å². The predicted molar refractivity (Wildman–Crippen MR) is 89.6 cm³/mol. The molecule has 1 aromatic carbocycles. The molecule has 0 aliphatic carbocycles. The van der Waals surface area contributed by atoms with Crippen LogP contribution in [0, 0.1) is 6.92 Å². The second-order valence-electron chi connectivity index (χ2n) is 5.25. The molecule has 2 heterocycles. The average Bonchev–Trinajstić information content (AvgIpc) is 2.53. The fraction of sp³-hybridized carbons (Fsp3) is 0.176. The summed E-state index contributed by atoms with van der Waals surface area (Å²) in [5, 5.41) is 0. The summed E-state index contributed by atoms with van der Waals surface area (Å²) in [6.45, 7) is 1.63. The van der Waals surface area contributed by atoms with Crippen molar-refractivity contribution in [1.82, 2.24) is 0 Å². The molecule has 1 atom stereocenters. The SMILES string of the molecule is COC(=O)C1=C(N)Oc2cc(C)oc(=O)c2[C@H]1c1ccccc1Br. The van der Waals surface area contributed by atoms with Crippen LogP contribution in [-0.2, 0) is 9.53 Å². The van der Waals surface area contributed by atoms with E-state index in [0.717, 1.165) is 4.47 Å². The fourth-order valence-electron chi connectivity index (χ4n) is 2.75. The summed E-state index contributed by atoms with van der Waals surface area (Å²) >= 11 is 3.45. The summed E-state index contributed by atoms with van der Waals surface area (Å²) in [5.74, 6) is -0.860. The van der Waals surface area contributed by atoms with Crippen LogP contribution in [0.3, 0.4) is 0 Å². The Hall–Kier alpha value is -2.54. The van der Waals surface area contributed by atoms with Gasteiger partial charge in [-0.2, -0.15) is 0 Å². The molecule has 1 aliphatic rings. The number of hydrogen-bond donors (Lipinski definition) is 1. The standard InChI is InChI=1S/C17H14BrNO5/c1-8-7-11-13(17(21)23-8)12(9-5-3-4-6-10(9)18)14(15(19)24-11)16(20)22-2/h3-7,12H,19H2,1-2H3/t12-/m1/s1. The summed E-state index contributed by atoms with van der Waals surface area (Å²) in [7, 11) is 1.24. The molecule has 6 nitrogen and oxygen atoms in total. The highest BCUT2D eigenvalue weighted by molar-refractivity contribution is 9.10. The van der Waals surface area contributed by atoms with Gasteiger partial charge in [0.2, 0.25) is 5.88 Å². The Kier molecular flexibility index (Phi) is 4.19. The molecule has 3 rings (SSSR count). The first-order valence-electron chi connectivity index (χ1n) is 7.09. The minimum atomic E-state index is -0.756. The van der Waals surface area contributed by atoms with Gasteiger partial charge in [-0.05, 0) is 18.6 Å². The summed E-state index contributed by atoms with van der Waals surface area (Å²) < 4.78 is 16.2. The molecule has 0 unspecified atom stereocenters. The van der Waals surface area contributed by atoms with E-state index >= 15 is 0 Å². The van der Waals surface area contributed by atoms with Gasteiger partial charge < -0.3 is 19.6 Å². The van der Waals surface area contributed by atoms with Gasteiger partial charge in [0, 0.05) is 10.5 Å². The summed E-state index contributed by atoms with van der Waals surface area (Å²) in [4.78, 5) is 24.7. The first kappa shape index (κ1) is 16.3. The van der Waals surface area contributed by atoms with E-state index in [9.17, 15) is 9.59 Å². The molecule has 0 spiro atoms. The predicted octanol–water partition coefficient (Wildman–Crippen LogP) is 2.58. The topological polar surface area (TPSA) is 91.8 Å². The van der Waals surface area contributed by atoms with Gasteiger partial charge in [0.05, 0.1) is 18.6 Å². The molecule has 0 saturated heterocycles.